The normalized spacial score (nSPS) is 11.8. The van der Waals surface area contributed by atoms with Crippen LogP contribution < -0.4 is 11.1 Å². The largest absolute Gasteiger partial charge is 0.444 e. The van der Waals surface area contributed by atoms with Gasteiger partial charge in [0.1, 0.15) is 0 Å². The number of nitrogens with one attached hydrogen (secondary N) is 1. The minimum Gasteiger partial charge on any atom is -0.444 e. The molecule has 1 heterocycles. The highest BCUT2D eigenvalue weighted by molar-refractivity contribution is 5.95. The van der Waals surface area contributed by atoms with Gasteiger partial charge in [-0.3, -0.25) is 4.79 Å². The second-order valence-corrected chi connectivity index (χ2v) is 4.71. The van der Waals surface area contributed by atoms with Crippen molar-refractivity contribution in [3.05, 3.63) is 36.9 Å². The molecular weight excluding hydrogens is 278 g/mol. The van der Waals surface area contributed by atoms with Gasteiger partial charge in [0, 0.05) is 11.3 Å². The summed E-state index contributed by atoms with van der Waals surface area (Å²) in [5.74, 6) is 0.562. The zero-order valence-electron chi connectivity index (χ0n) is 11.4. The van der Waals surface area contributed by atoms with Crippen molar-refractivity contribution in [3.8, 4) is 11.3 Å². The third kappa shape index (κ3) is 3.82. The average Bonchev–Trinajstić information content (AvgIpc) is 2.91. The van der Waals surface area contributed by atoms with Gasteiger partial charge in [-0.05, 0) is 18.1 Å². The first-order valence-electron chi connectivity index (χ1n) is 6.13. The van der Waals surface area contributed by atoms with Crippen molar-refractivity contribution in [2.45, 2.75) is 19.9 Å². The van der Waals surface area contributed by atoms with E-state index in [1.807, 2.05) is 38.1 Å². The number of nitrogens with zero attached hydrogens (tertiary/aromatic N) is 1. The standard InChI is InChI=1S/C14H17N3O2.ClH/c1-9(2)13(15)14(18)17-11-5-3-4-10(6-11)12-7-16-8-19-12;/h3-9,13H,15H2,1-2H3,(H,17,18);1H/t13-;/m1./s1. The Balaban J connectivity index is 0.00000200. The van der Waals surface area contributed by atoms with Crippen molar-refractivity contribution < 1.29 is 9.21 Å². The molecule has 1 atom stereocenters. The summed E-state index contributed by atoms with van der Waals surface area (Å²) in [5.41, 5.74) is 7.34. The lowest BCUT2D eigenvalue weighted by molar-refractivity contribution is -0.118. The van der Waals surface area contributed by atoms with Gasteiger partial charge >= 0.3 is 0 Å². The average molecular weight is 296 g/mol. The summed E-state index contributed by atoms with van der Waals surface area (Å²) in [6.07, 6.45) is 3.00. The van der Waals surface area contributed by atoms with Gasteiger partial charge in [-0.2, -0.15) is 0 Å². The molecule has 0 saturated heterocycles. The van der Waals surface area contributed by atoms with Crippen LogP contribution in [0.15, 0.2) is 41.3 Å². The summed E-state index contributed by atoms with van der Waals surface area (Å²) in [6.45, 7) is 3.82. The molecule has 3 N–H and O–H groups in total. The Morgan fingerprint density at radius 1 is 1.40 bits per heavy atom. The predicted octanol–water partition coefficient (Wildman–Crippen LogP) is 2.69. The first kappa shape index (κ1) is 16.2. The van der Waals surface area contributed by atoms with E-state index in [0.29, 0.717) is 11.4 Å². The van der Waals surface area contributed by atoms with Crippen molar-refractivity contribution in [2.75, 3.05) is 5.32 Å². The molecule has 0 aliphatic rings. The fourth-order valence-electron chi connectivity index (χ4n) is 1.64. The van der Waals surface area contributed by atoms with E-state index >= 15 is 0 Å². The Kier molecular flexibility index (Phi) is 5.73. The van der Waals surface area contributed by atoms with Gasteiger partial charge in [-0.15, -0.1) is 12.4 Å². The molecule has 6 heteroatoms. The molecule has 0 unspecified atom stereocenters. The van der Waals surface area contributed by atoms with Crippen LogP contribution in [0.3, 0.4) is 0 Å². The predicted molar refractivity (Wildman–Crippen MR) is 80.6 cm³/mol. The number of halogens is 1. The maximum Gasteiger partial charge on any atom is 0.241 e. The van der Waals surface area contributed by atoms with Crippen LogP contribution in [0.5, 0.6) is 0 Å². The highest BCUT2D eigenvalue weighted by atomic mass is 35.5. The van der Waals surface area contributed by atoms with Crippen LogP contribution in [-0.2, 0) is 4.79 Å². The molecule has 0 aliphatic heterocycles. The van der Waals surface area contributed by atoms with Gasteiger partial charge in [-0.25, -0.2) is 4.98 Å². The Bertz CT molecular complexity index is 555. The number of carbonyl (C=O) groups is 1. The van der Waals surface area contributed by atoms with Crippen molar-refractivity contribution >= 4 is 24.0 Å². The quantitative estimate of drug-likeness (QED) is 0.908. The summed E-state index contributed by atoms with van der Waals surface area (Å²) >= 11 is 0. The number of amides is 1. The van der Waals surface area contributed by atoms with Gasteiger partial charge in [0.2, 0.25) is 5.91 Å². The summed E-state index contributed by atoms with van der Waals surface area (Å²) in [7, 11) is 0. The molecule has 5 nitrogen and oxygen atoms in total. The highest BCUT2D eigenvalue weighted by Crippen LogP contribution is 2.22. The molecule has 0 fully saturated rings. The Morgan fingerprint density at radius 2 is 2.15 bits per heavy atom. The van der Waals surface area contributed by atoms with Crippen molar-refractivity contribution in [1.29, 1.82) is 0 Å². The van der Waals surface area contributed by atoms with E-state index in [-0.39, 0.29) is 24.2 Å². The second kappa shape index (κ2) is 7.07. The van der Waals surface area contributed by atoms with E-state index in [2.05, 4.69) is 10.3 Å². The molecule has 108 valence electrons. The maximum absolute atomic E-state index is 11.9. The first-order valence-corrected chi connectivity index (χ1v) is 6.13. The molecule has 0 radical (unpaired) electrons. The van der Waals surface area contributed by atoms with Crippen LogP contribution in [-0.4, -0.2) is 16.9 Å². The lowest BCUT2D eigenvalue weighted by Gasteiger charge is -2.15. The fraction of sp³-hybridized carbons (Fsp3) is 0.286. The zero-order chi connectivity index (χ0) is 13.8. The smallest absolute Gasteiger partial charge is 0.241 e. The Hall–Kier alpha value is -1.85. The Morgan fingerprint density at radius 3 is 2.75 bits per heavy atom. The third-order valence-corrected chi connectivity index (χ3v) is 2.87. The highest BCUT2D eigenvalue weighted by Gasteiger charge is 2.17. The number of aromatic nitrogens is 1. The molecule has 0 bridgehead atoms. The molecule has 0 aliphatic carbocycles. The van der Waals surface area contributed by atoms with Gasteiger partial charge in [0.15, 0.2) is 12.2 Å². The summed E-state index contributed by atoms with van der Waals surface area (Å²) in [4.78, 5) is 15.7. The van der Waals surface area contributed by atoms with Crippen LogP contribution in [0.25, 0.3) is 11.3 Å². The Labute approximate surface area is 124 Å². The van der Waals surface area contributed by atoms with Crippen molar-refractivity contribution in [3.63, 3.8) is 0 Å². The maximum atomic E-state index is 11.9. The molecule has 0 spiro atoms. The summed E-state index contributed by atoms with van der Waals surface area (Å²) in [5, 5.41) is 2.80. The van der Waals surface area contributed by atoms with Gasteiger partial charge in [0.25, 0.3) is 0 Å². The van der Waals surface area contributed by atoms with E-state index < -0.39 is 6.04 Å². The molecule has 2 aromatic rings. The summed E-state index contributed by atoms with van der Waals surface area (Å²) < 4.78 is 5.22. The van der Waals surface area contributed by atoms with Gasteiger partial charge in [0.05, 0.1) is 12.2 Å². The van der Waals surface area contributed by atoms with Gasteiger partial charge in [-0.1, -0.05) is 26.0 Å². The van der Waals surface area contributed by atoms with E-state index in [9.17, 15) is 4.79 Å². The van der Waals surface area contributed by atoms with Crippen molar-refractivity contribution in [2.24, 2.45) is 11.7 Å². The van der Waals surface area contributed by atoms with Gasteiger partial charge < -0.3 is 15.5 Å². The molecule has 1 aromatic heterocycles. The number of hydrogen-bond acceptors (Lipinski definition) is 4. The summed E-state index contributed by atoms with van der Waals surface area (Å²) in [6, 6.07) is 6.84. The van der Waals surface area contributed by atoms with E-state index in [0.717, 1.165) is 5.56 Å². The SMILES string of the molecule is CC(C)[C@@H](N)C(=O)Nc1cccc(-c2cnco2)c1.Cl. The topological polar surface area (TPSA) is 81.2 Å². The number of hydrogen-bond donors (Lipinski definition) is 2. The number of oxazole rings is 1. The number of rotatable bonds is 4. The molecule has 20 heavy (non-hydrogen) atoms. The van der Waals surface area contributed by atoms with E-state index in [4.69, 9.17) is 10.2 Å². The molecule has 2 rings (SSSR count). The minimum absolute atomic E-state index is 0. The molecule has 1 aromatic carbocycles. The third-order valence-electron chi connectivity index (χ3n) is 2.87. The monoisotopic (exact) mass is 295 g/mol. The van der Waals surface area contributed by atoms with E-state index in [1.54, 1.807) is 6.20 Å². The molecule has 0 saturated carbocycles. The number of nitrogens with two attached hydrogens (primary N) is 1. The number of anilines is 1. The van der Waals surface area contributed by atoms with Crippen LogP contribution in [0.4, 0.5) is 5.69 Å². The van der Waals surface area contributed by atoms with Crippen molar-refractivity contribution in [1.82, 2.24) is 4.98 Å². The van der Waals surface area contributed by atoms with Crippen LogP contribution in [0, 0.1) is 5.92 Å². The van der Waals surface area contributed by atoms with Crippen LogP contribution in [0.1, 0.15) is 13.8 Å². The zero-order valence-corrected chi connectivity index (χ0v) is 12.2. The number of carbonyl (C=O) groups excluding carboxylic acids is 1. The van der Waals surface area contributed by atoms with E-state index in [1.165, 1.54) is 6.39 Å². The second-order valence-electron chi connectivity index (χ2n) is 4.71. The minimum atomic E-state index is -0.520. The molecule has 1 amide bonds. The van der Waals surface area contributed by atoms with Crippen LogP contribution in [0.2, 0.25) is 0 Å². The number of benzene rings is 1. The van der Waals surface area contributed by atoms with Crippen LogP contribution >= 0.6 is 12.4 Å². The lowest BCUT2D eigenvalue weighted by Crippen LogP contribution is -2.39. The first-order chi connectivity index (χ1) is 9.08. The fourth-order valence-corrected chi connectivity index (χ4v) is 1.64. The lowest BCUT2D eigenvalue weighted by atomic mass is 10.0. The molecular formula is C14H18ClN3O2.